The van der Waals surface area contributed by atoms with Gasteiger partial charge >= 0.3 is 6.03 Å². The van der Waals surface area contributed by atoms with E-state index < -0.39 is 6.03 Å². The molecule has 0 spiro atoms. The number of rotatable bonds is 4. The lowest BCUT2D eigenvalue weighted by molar-refractivity contribution is -0.116. The molecule has 0 aliphatic heterocycles. The summed E-state index contributed by atoms with van der Waals surface area (Å²) in [5.41, 5.74) is 0. The summed E-state index contributed by atoms with van der Waals surface area (Å²) in [6.45, 7) is 3.05. The molecule has 0 radical (unpaired) electrons. The minimum absolute atomic E-state index is 0.0785. The second kappa shape index (κ2) is 5.22. The summed E-state index contributed by atoms with van der Waals surface area (Å²) < 4.78 is 0. The van der Waals surface area contributed by atoms with Crippen molar-refractivity contribution in [1.82, 2.24) is 10.3 Å². The maximum atomic E-state index is 10.9. The fourth-order valence-corrected chi connectivity index (χ4v) is 0.530. The Morgan fingerprint density at radius 2 is 2.08 bits per heavy atom. The molecule has 2 amide bonds. The summed E-state index contributed by atoms with van der Waals surface area (Å²) in [6.07, 6.45) is 0. The van der Waals surface area contributed by atoms with E-state index >= 15 is 0 Å². The molecule has 0 atom stereocenters. The highest BCUT2D eigenvalue weighted by Crippen LogP contribution is 1.87. The Morgan fingerprint density at radius 1 is 1.50 bits per heavy atom. The van der Waals surface area contributed by atoms with Gasteiger partial charge < -0.3 is 5.32 Å². The van der Waals surface area contributed by atoms with Crippen molar-refractivity contribution in [1.29, 1.82) is 0 Å². The van der Waals surface area contributed by atoms with Crippen molar-refractivity contribution in [2.75, 3.05) is 13.1 Å². The number of nitrogens with one attached hydrogen (secondary N) is 1. The Hall–Kier alpha value is -1.46. The first kappa shape index (κ1) is 10.5. The van der Waals surface area contributed by atoms with Crippen LogP contribution in [-0.4, -0.2) is 29.9 Å². The molecule has 6 nitrogen and oxygen atoms in total. The monoisotopic (exact) mass is 173 g/mol. The second-order valence-corrected chi connectivity index (χ2v) is 2.16. The molecule has 0 rings (SSSR count). The number of carbonyl (C=O) groups excluding carboxylic acids is 2. The van der Waals surface area contributed by atoms with Crippen LogP contribution in [0.5, 0.6) is 0 Å². The molecule has 0 aromatic rings. The SMILES string of the molecule is CCN(N=O)C(=O)NCC(C)=O. The average molecular weight is 173 g/mol. The molecule has 0 saturated carbocycles. The van der Waals surface area contributed by atoms with Gasteiger partial charge in [-0.1, -0.05) is 0 Å². The zero-order valence-electron chi connectivity index (χ0n) is 7.03. The fraction of sp³-hybridized carbons (Fsp3) is 0.667. The molecule has 0 bridgehead atoms. The lowest BCUT2D eigenvalue weighted by Crippen LogP contribution is -2.38. The highest BCUT2D eigenvalue weighted by atomic mass is 16.3. The molecule has 0 fully saturated rings. The van der Waals surface area contributed by atoms with E-state index in [1.807, 2.05) is 0 Å². The van der Waals surface area contributed by atoms with Crippen LogP contribution < -0.4 is 5.32 Å². The van der Waals surface area contributed by atoms with Crippen LogP contribution in [0.25, 0.3) is 0 Å². The van der Waals surface area contributed by atoms with Crippen molar-refractivity contribution in [2.45, 2.75) is 13.8 Å². The normalized spacial score (nSPS) is 8.83. The molecule has 68 valence electrons. The van der Waals surface area contributed by atoms with Gasteiger partial charge in [0.15, 0.2) is 0 Å². The number of hydrogen-bond donors (Lipinski definition) is 1. The maximum absolute atomic E-state index is 10.9. The first-order chi connectivity index (χ1) is 5.61. The van der Waals surface area contributed by atoms with Gasteiger partial charge in [0.05, 0.1) is 11.8 Å². The Kier molecular flexibility index (Phi) is 4.59. The molecule has 0 unspecified atom stereocenters. The Balaban J connectivity index is 3.85. The van der Waals surface area contributed by atoms with Crippen LogP contribution in [0.15, 0.2) is 5.29 Å². The van der Waals surface area contributed by atoms with Gasteiger partial charge in [0.1, 0.15) is 5.78 Å². The highest BCUT2D eigenvalue weighted by molar-refractivity contribution is 5.83. The zero-order valence-corrected chi connectivity index (χ0v) is 7.03. The molecular weight excluding hydrogens is 162 g/mol. The summed E-state index contributed by atoms with van der Waals surface area (Å²) >= 11 is 0. The van der Waals surface area contributed by atoms with Gasteiger partial charge in [0.2, 0.25) is 0 Å². The Bertz CT molecular complexity index is 192. The molecule has 1 N–H and O–H groups in total. The lowest BCUT2D eigenvalue weighted by Gasteiger charge is -2.10. The number of nitroso groups, excluding NO2 is 1. The summed E-state index contributed by atoms with van der Waals surface area (Å²) in [5.74, 6) is -0.176. The van der Waals surface area contributed by atoms with Crippen LogP contribution >= 0.6 is 0 Å². The number of nitrogens with zero attached hydrogens (tertiary/aromatic N) is 2. The van der Waals surface area contributed by atoms with Gasteiger partial charge in [-0.25, -0.2) is 4.79 Å². The van der Waals surface area contributed by atoms with E-state index in [-0.39, 0.29) is 18.9 Å². The van der Waals surface area contributed by atoms with E-state index in [9.17, 15) is 14.5 Å². The van der Waals surface area contributed by atoms with Gasteiger partial charge in [-0.15, -0.1) is 4.91 Å². The number of hydrogen-bond acceptors (Lipinski definition) is 4. The molecule has 6 heteroatoms. The molecule has 0 heterocycles. The predicted octanol–water partition coefficient (Wildman–Crippen LogP) is 0.288. The van der Waals surface area contributed by atoms with E-state index in [0.29, 0.717) is 5.01 Å². The third-order valence-corrected chi connectivity index (χ3v) is 1.12. The highest BCUT2D eigenvalue weighted by Gasteiger charge is 2.10. The molecule has 0 aliphatic rings. The third-order valence-electron chi connectivity index (χ3n) is 1.12. The van der Waals surface area contributed by atoms with Crippen molar-refractivity contribution < 1.29 is 9.59 Å². The number of carbonyl (C=O) groups is 2. The number of amides is 2. The van der Waals surface area contributed by atoms with Gasteiger partial charge in [-0.3, -0.25) is 4.79 Å². The first-order valence-corrected chi connectivity index (χ1v) is 3.49. The second-order valence-electron chi connectivity index (χ2n) is 2.16. The molecule has 0 saturated heterocycles. The molecule has 0 aromatic heterocycles. The topological polar surface area (TPSA) is 78.8 Å². The van der Waals surface area contributed by atoms with E-state index in [1.54, 1.807) is 6.92 Å². The van der Waals surface area contributed by atoms with E-state index in [4.69, 9.17) is 0 Å². The maximum Gasteiger partial charge on any atom is 0.340 e. The fourth-order valence-electron chi connectivity index (χ4n) is 0.530. The van der Waals surface area contributed by atoms with Crippen LogP contribution in [0, 0.1) is 4.91 Å². The van der Waals surface area contributed by atoms with Crippen molar-refractivity contribution in [2.24, 2.45) is 5.29 Å². The zero-order chi connectivity index (χ0) is 9.56. The number of Topliss-reactive ketones (excluding diaryl/α,β-unsaturated/α-hetero) is 1. The lowest BCUT2D eigenvalue weighted by atomic mass is 10.4. The van der Waals surface area contributed by atoms with Crippen molar-refractivity contribution in [3.63, 3.8) is 0 Å². The Labute approximate surface area is 69.9 Å². The summed E-state index contributed by atoms with van der Waals surface area (Å²) in [5, 5.41) is 5.37. The van der Waals surface area contributed by atoms with Crippen LogP contribution in [0.4, 0.5) is 4.79 Å². The Morgan fingerprint density at radius 3 is 2.42 bits per heavy atom. The van der Waals surface area contributed by atoms with Crippen molar-refractivity contribution in [3.8, 4) is 0 Å². The minimum atomic E-state index is -0.650. The van der Waals surface area contributed by atoms with E-state index in [1.165, 1.54) is 6.92 Å². The van der Waals surface area contributed by atoms with Gasteiger partial charge in [-0.2, -0.15) is 5.01 Å². The average Bonchev–Trinajstić information content (AvgIpc) is 2.03. The summed E-state index contributed by atoms with van der Waals surface area (Å²) in [7, 11) is 0. The summed E-state index contributed by atoms with van der Waals surface area (Å²) in [4.78, 5) is 31.2. The molecule has 12 heavy (non-hydrogen) atoms. The van der Waals surface area contributed by atoms with Crippen molar-refractivity contribution in [3.05, 3.63) is 4.91 Å². The summed E-state index contributed by atoms with van der Waals surface area (Å²) in [6, 6.07) is -0.650. The van der Waals surface area contributed by atoms with Gasteiger partial charge in [0.25, 0.3) is 0 Å². The number of ketones is 1. The third kappa shape index (κ3) is 3.65. The van der Waals surface area contributed by atoms with Crippen LogP contribution in [0.3, 0.4) is 0 Å². The van der Waals surface area contributed by atoms with Crippen LogP contribution in [0.1, 0.15) is 13.8 Å². The molecule has 0 aliphatic carbocycles. The predicted molar refractivity (Wildman–Crippen MR) is 42.3 cm³/mol. The van der Waals surface area contributed by atoms with Crippen LogP contribution in [-0.2, 0) is 4.79 Å². The van der Waals surface area contributed by atoms with E-state index in [0.717, 1.165) is 0 Å². The minimum Gasteiger partial charge on any atom is -0.329 e. The quantitative estimate of drug-likeness (QED) is 0.490. The largest absolute Gasteiger partial charge is 0.340 e. The number of urea groups is 1. The van der Waals surface area contributed by atoms with Crippen LogP contribution in [0.2, 0.25) is 0 Å². The smallest absolute Gasteiger partial charge is 0.329 e. The van der Waals surface area contributed by atoms with Crippen molar-refractivity contribution >= 4 is 11.8 Å². The van der Waals surface area contributed by atoms with Gasteiger partial charge in [-0.05, 0) is 13.8 Å². The molecule has 0 aromatic carbocycles. The standard InChI is InChI=1S/C6H11N3O3/c1-3-9(8-12)6(11)7-4-5(2)10/h3-4H2,1-2H3,(H,7,11). The molecular formula is C6H11N3O3. The van der Waals surface area contributed by atoms with E-state index in [2.05, 4.69) is 10.6 Å². The first-order valence-electron chi connectivity index (χ1n) is 3.49. The van der Waals surface area contributed by atoms with Gasteiger partial charge in [0, 0.05) is 6.54 Å².